The lowest BCUT2D eigenvalue weighted by Gasteiger charge is -2.15. The minimum atomic E-state index is 0.261. The summed E-state index contributed by atoms with van der Waals surface area (Å²) in [6.07, 6.45) is 6.59. The molecule has 0 aromatic heterocycles. The molecule has 0 fully saturated rings. The van der Waals surface area contributed by atoms with Crippen LogP contribution in [0.15, 0.2) is 89.7 Å². The number of aliphatic hydroxyl groups is 1. The molecule has 23 heavy (non-hydrogen) atoms. The van der Waals surface area contributed by atoms with Gasteiger partial charge in [0, 0.05) is 0 Å². The van der Waals surface area contributed by atoms with E-state index in [0.717, 1.165) is 34.3 Å². The predicted octanol–water partition coefficient (Wildman–Crippen LogP) is 5.02. The Morgan fingerprint density at radius 2 is 1.48 bits per heavy atom. The molecule has 0 unspecified atom stereocenters. The molecule has 0 saturated carbocycles. The highest BCUT2D eigenvalue weighted by Gasteiger charge is 2.25. The Morgan fingerprint density at radius 3 is 2.22 bits per heavy atom. The van der Waals surface area contributed by atoms with Gasteiger partial charge in [0.2, 0.25) is 0 Å². The highest BCUT2D eigenvalue weighted by atomic mass is 16.3. The molecule has 0 radical (unpaired) electrons. The van der Waals surface area contributed by atoms with Crippen LogP contribution in [0, 0.1) is 0 Å². The van der Waals surface area contributed by atoms with Gasteiger partial charge in [0.1, 0.15) is 11.5 Å². The monoisotopic (exact) mass is 300 g/mol. The number of fused-ring (bicyclic) bond motifs is 1. The summed E-state index contributed by atoms with van der Waals surface area (Å²) in [6, 6.07) is 17.5. The van der Waals surface area contributed by atoms with Gasteiger partial charge in [-0.3, -0.25) is 0 Å². The number of hydrogen-bond donors (Lipinski definition) is 2. The molecular formula is C21H16O2. The first-order chi connectivity index (χ1) is 11.2. The average molecular weight is 300 g/mol. The lowest BCUT2D eigenvalue weighted by atomic mass is 9.90. The van der Waals surface area contributed by atoms with Gasteiger partial charge in [-0.25, -0.2) is 0 Å². The zero-order chi connectivity index (χ0) is 15.8. The van der Waals surface area contributed by atoms with Gasteiger partial charge in [-0.1, -0.05) is 42.5 Å². The van der Waals surface area contributed by atoms with Crippen molar-refractivity contribution in [2.75, 3.05) is 0 Å². The summed E-state index contributed by atoms with van der Waals surface area (Å²) < 4.78 is 0. The van der Waals surface area contributed by atoms with Gasteiger partial charge < -0.3 is 10.2 Å². The van der Waals surface area contributed by atoms with Crippen LogP contribution in [0.2, 0.25) is 0 Å². The molecule has 2 aliphatic rings. The minimum absolute atomic E-state index is 0.261. The quantitative estimate of drug-likeness (QED) is 0.818. The second kappa shape index (κ2) is 5.33. The summed E-state index contributed by atoms with van der Waals surface area (Å²) in [5.41, 5.74) is 6.74. The van der Waals surface area contributed by atoms with Crippen molar-refractivity contribution in [3.8, 4) is 5.75 Å². The van der Waals surface area contributed by atoms with E-state index in [1.54, 1.807) is 12.1 Å². The average Bonchev–Trinajstić information content (AvgIpc) is 2.95. The van der Waals surface area contributed by atoms with Crippen molar-refractivity contribution in [3.05, 3.63) is 101 Å². The maximum absolute atomic E-state index is 9.92. The maximum Gasteiger partial charge on any atom is 0.115 e. The van der Waals surface area contributed by atoms with Gasteiger partial charge in [0.15, 0.2) is 0 Å². The Bertz CT molecular complexity index is 879. The van der Waals surface area contributed by atoms with Crippen LogP contribution >= 0.6 is 0 Å². The van der Waals surface area contributed by atoms with E-state index in [1.165, 1.54) is 5.57 Å². The maximum atomic E-state index is 9.92. The molecule has 0 bridgehead atoms. The van der Waals surface area contributed by atoms with Crippen molar-refractivity contribution in [1.29, 1.82) is 0 Å². The van der Waals surface area contributed by atoms with Crippen molar-refractivity contribution in [2.45, 2.75) is 6.42 Å². The van der Waals surface area contributed by atoms with E-state index >= 15 is 0 Å². The fraction of sp³-hybridized carbons (Fsp3) is 0.0476. The van der Waals surface area contributed by atoms with Crippen LogP contribution in [0.25, 0.3) is 11.1 Å². The number of phenolic OH excluding ortho intramolecular Hbond substituents is 1. The number of hydrogen-bond acceptors (Lipinski definition) is 2. The normalized spacial score (nSPS) is 16.6. The minimum Gasteiger partial charge on any atom is -0.508 e. The van der Waals surface area contributed by atoms with Gasteiger partial charge in [-0.15, -0.1) is 0 Å². The molecule has 0 atom stereocenters. The largest absolute Gasteiger partial charge is 0.508 e. The van der Waals surface area contributed by atoms with Crippen LogP contribution < -0.4 is 0 Å². The number of benzene rings is 2. The summed E-state index contributed by atoms with van der Waals surface area (Å²) in [5.74, 6) is 0.578. The van der Waals surface area contributed by atoms with E-state index in [0.29, 0.717) is 5.76 Å². The Kier molecular flexibility index (Phi) is 3.16. The molecule has 2 heteroatoms. The first kappa shape index (κ1) is 13.6. The Labute approximate surface area is 135 Å². The predicted molar refractivity (Wildman–Crippen MR) is 92.9 cm³/mol. The highest BCUT2D eigenvalue weighted by Crippen LogP contribution is 2.45. The Hall–Kier alpha value is -3.00. The second-order valence-electron chi connectivity index (χ2n) is 5.76. The lowest BCUT2D eigenvalue weighted by molar-refractivity contribution is 0.428. The topological polar surface area (TPSA) is 40.5 Å². The first-order valence-electron chi connectivity index (χ1n) is 7.63. The van der Waals surface area contributed by atoms with Crippen LogP contribution in [-0.2, 0) is 0 Å². The first-order valence-corrected chi connectivity index (χ1v) is 7.63. The Morgan fingerprint density at radius 1 is 0.739 bits per heavy atom. The van der Waals surface area contributed by atoms with Gasteiger partial charge in [0.05, 0.1) is 0 Å². The summed E-state index contributed by atoms with van der Waals surface area (Å²) in [6.45, 7) is 0. The summed E-state index contributed by atoms with van der Waals surface area (Å²) >= 11 is 0. The molecule has 0 spiro atoms. The SMILES string of the molecule is OC1=CCC2=CC(c3ccc(O)cc3)=C(c3ccccc3)C2=C1. The summed E-state index contributed by atoms with van der Waals surface area (Å²) in [4.78, 5) is 0. The molecule has 2 aliphatic carbocycles. The third-order valence-corrected chi connectivity index (χ3v) is 4.27. The fourth-order valence-electron chi connectivity index (χ4n) is 3.17. The smallest absolute Gasteiger partial charge is 0.115 e. The van der Waals surface area contributed by atoms with E-state index in [2.05, 4.69) is 18.2 Å². The van der Waals surface area contributed by atoms with Crippen LogP contribution in [0.5, 0.6) is 5.75 Å². The van der Waals surface area contributed by atoms with Gasteiger partial charge in [-0.2, -0.15) is 0 Å². The fourth-order valence-corrected chi connectivity index (χ4v) is 3.17. The van der Waals surface area contributed by atoms with Crippen molar-refractivity contribution in [2.24, 2.45) is 0 Å². The van der Waals surface area contributed by atoms with Gasteiger partial charge in [-0.05, 0) is 70.2 Å². The van der Waals surface area contributed by atoms with Crippen LogP contribution in [0.3, 0.4) is 0 Å². The van der Waals surface area contributed by atoms with Crippen molar-refractivity contribution < 1.29 is 10.2 Å². The molecule has 0 heterocycles. The molecule has 0 amide bonds. The van der Waals surface area contributed by atoms with Crippen LogP contribution in [0.1, 0.15) is 17.5 Å². The van der Waals surface area contributed by atoms with Crippen molar-refractivity contribution in [1.82, 2.24) is 0 Å². The van der Waals surface area contributed by atoms with Crippen LogP contribution in [0.4, 0.5) is 0 Å². The van der Waals surface area contributed by atoms with Crippen molar-refractivity contribution >= 4 is 11.1 Å². The van der Waals surface area contributed by atoms with E-state index < -0.39 is 0 Å². The standard InChI is InChI=1S/C21H16O2/c22-17-9-6-14(7-10-17)19-12-16-8-11-18(23)13-20(16)21(19)15-4-2-1-3-5-15/h1-7,9-13,22-23H,8H2. The van der Waals surface area contributed by atoms with E-state index in [9.17, 15) is 10.2 Å². The third-order valence-electron chi connectivity index (χ3n) is 4.27. The van der Waals surface area contributed by atoms with Gasteiger partial charge >= 0.3 is 0 Å². The summed E-state index contributed by atoms with van der Waals surface area (Å²) in [7, 11) is 0. The highest BCUT2D eigenvalue weighted by molar-refractivity contribution is 6.08. The molecule has 2 aromatic rings. The number of rotatable bonds is 2. The zero-order valence-electron chi connectivity index (χ0n) is 12.5. The molecule has 0 saturated heterocycles. The molecule has 2 N–H and O–H groups in total. The molecule has 2 nitrogen and oxygen atoms in total. The molecule has 112 valence electrons. The molecular weight excluding hydrogens is 284 g/mol. The van der Waals surface area contributed by atoms with E-state index in [1.807, 2.05) is 42.5 Å². The van der Waals surface area contributed by atoms with Crippen molar-refractivity contribution in [3.63, 3.8) is 0 Å². The van der Waals surface area contributed by atoms with E-state index in [4.69, 9.17) is 0 Å². The lowest BCUT2D eigenvalue weighted by Crippen LogP contribution is -1.96. The molecule has 0 aliphatic heterocycles. The van der Waals surface area contributed by atoms with Gasteiger partial charge in [0.25, 0.3) is 0 Å². The Balaban J connectivity index is 1.94. The van der Waals surface area contributed by atoms with Crippen LogP contribution in [-0.4, -0.2) is 10.2 Å². The number of aromatic hydroxyl groups is 1. The number of aliphatic hydroxyl groups excluding tert-OH is 1. The second-order valence-corrected chi connectivity index (χ2v) is 5.76. The zero-order valence-corrected chi connectivity index (χ0v) is 12.5. The molecule has 4 rings (SSSR count). The molecule has 2 aromatic carbocycles. The summed E-state index contributed by atoms with van der Waals surface area (Å²) in [5, 5.41) is 19.5. The third kappa shape index (κ3) is 2.38. The number of phenols is 1. The van der Waals surface area contributed by atoms with E-state index in [-0.39, 0.29) is 5.75 Å². The number of allylic oxidation sites excluding steroid dienone is 7.